The third-order valence-electron chi connectivity index (χ3n) is 2.66. The van der Waals surface area contributed by atoms with Gasteiger partial charge in [-0.05, 0) is 24.0 Å². The Hall–Kier alpha value is -0.860. The molecular weight excluding hydrogens is 164 g/mol. The normalized spacial score (nSPS) is 27.8. The van der Waals surface area contributed by atoms with Crippen LogP contribution in [0.3, 0.4) is 0 Å². The van der Waals surface area contributed by atoms with Crippen molar-refractivity contribution in [3.63, 3.8) is 0 Å². The highest BCUT2D eigenvalue weighted by Gasteiger charge is 2.20. The lowest BCUT2D eigenvalue weighted by Crippen LogP contribution is -2.09. The molecule has 0 saturated heterocycles. The highest BCUT2D eigenvalue weighted by Crippen LogP contribution is 2.28. The number of aliphatic hydroxyl groups excluding tert-OH is 2. The Morgan fingerprint density at radius 2 is 1.92 bits per heavy atom. The summed E-state index contributed by atoms with van der Waals surface area (Å²) in [5, 5.41) is 19.2. The molecule has 70 valence electrons. The van der Waals surface area contributed by atoms with Gasteiger partial charge in [-0.25, -0.2) is 0 Å². The molecule has 1 aromatic carbocycles. The summed E-state index contributed by atoms with van der Waals surface area (Å²) in [7, 11) is 0. The Morgan fingerprint density at radius 1 is 1.15 bits per heavy atom. The van der Waals surface area contributed by atoms with Crippen LogP contribution in [-0.4, -0.2) is 16.3 Å². The molecular formula is C11H14O2. The predicted molar refractivity (Wildman–Crippen MR) is 50.3 cm³/mol. The number of aryl methyl sites for hydroxylation is 1. The smallest absolute Gasteiger partial charge is 0.0817 e. The molecule has 2 rings (SSSR count). The molecule has 0 aromatic heterocycles. The number of fused-ring (bicyclic) bond motifs is 1. The van der Waals surface area contributed by atoms with Crippen molar-refractivity contribution in [1.29, 1.82) is 0 Å². The first kappa shape index (κ1) is 8.73. The van der Waals surface area contributed by atoms with Gasteiger partial charge in [-0.3, -0.25) is 0 Å². The topological polar surface area (TPSA) is 40.5 Å². The van der Waals surface area contributed by atoms with Gasteiger partial charge >= 0.3 is 0 Å². The van der Waals surface area contributed by atoms with E-state index in [1.807, 2.05) is 24.3 Å². The fraction of sp³-hybridized carbons (Fsp3) is 0.455. The SMILES string of the molecule is OC1CCc2ccccc2C(O)C1. The van der Waals surface area contributed by atoms with Crippen molar-refractivity contribution in [2.24, 2.45) is 0 Å². The standard InChI is InChI=1S/C11H14O2/c12-9-6-5-8-3-1-2-4-10(8)11(13)7-9/h1-4,9,11-13H,5-7H2. The van der Waals surface area contributed by atoms with Crippen LogP contribution in [0.2, 0.25) is 0 Å². The van der Waals surface area contributed by atoms with E-state index in [4.69, 9.17) is 0 Å². The second-order valence-electron chi connectivity index (χ2n) is 3.64. The summed E-state index contributed by atoms with van der Waals surface area (Å²) < 4.78 is 0. The third-order valence-corrected chi connectivity index (χ3v) is 2.66. The number of benzene rings is 1. The van der Waals surface area contributed by atoms with Crippen LogP contribution in [0, 0.1) is 0 Å². The lowest BCUT2D eigenvalue weighted by molar-refractivity contribution is 0.0815. The fourth-order valence-corrected chi connectivity index (χ4v) is 1.91. The largest absolute Gasteiger partial charge is 0.393 e. The molecule has 1 aliphatic rings. The average Bonchev–Trinajstić information content (AvgIpc) is 2.27. The second-order valence-corrected chi connectivity index (χ2v) is 3.64. The summed E-state index contributed by atoms with van der Waals surface area (Å²) in [5.41, 5.74) is 2.16. The summed E-state index contributed by atoms with van der Waals surface area (Å²) in [6, 6.07) is 7.87. The summed E-state index contributed by atoms with van der Waals surface area (Å²) in [6.45, 7) is 0. The van der Waals surface area contributed by atoms with Crippen molar-refractivity contribution in [3.05, 3.63) is 35.4 Å². The van der Waals surface area contributed by atoms with Crippen molar-refractivity contribution in [2.45, 2.75) is 31.5 Å². The second kappa shape index (κ2) is 3.48. The molecule has 1 aromatic rings. The van der Waals surface area contributed by atoms with Gasteiger partial charge in [-0.2, -0.15) is 0 Å². The lowest BCUT2D eigenvalue weighted by Gasteiger charge is -2.11. The first-order valence-electron chi connectivity index (χ1n) is 4.71. The minimum Gasteiger partial charge on any atom is -0.393 e. The van der Waals surface area contributed by atoms with E-state index in [1.54, 1.807) is 0 Å². The van der Waals surface area contributed by atoms with E-state index in [9.17, 15) is 10.2 Å². The number of rotatable bonds is 0. The van der Waals surface area contributed by atoms with E-state index in [1.165, 1.54) is 5.56 Å². The zero-order chi connectivity index (χ0) is 9.26. The van der Waals surface area contributed by atoms with E-state index < -0.39 is 6.10 Å². The van der Waals surface area contributed by atoms with Gasteiger partial charge in [0.2, 0.25) is 0 Å². The maximum absolute atomic E-state index is 9.75. The third kappa shape index (κ3) is 1.74. The van der Waals surface area contributed by atoms with Crippen LogP contribution in [0.4, 0.5) is 0 Å². The molecule has 0 amide bonds. The highest BCUT2D eigenvalue weighted by atomic mass is 16.3. The van der Waals surface area contributed by atoms with Crippen molar-refractivity contribution < 1.29 is 10.2 Å². The molecule has 0 fully saturated rings. The maximum Gasteiger partial charge on any atom is 0.0817 e. The summed E-state index contributed by atoms with van der Waals surface area (Å²) in [6.07, 6.45) is 1.25. The Labute approximate surface area is 77.8 Å². The van der Waals surface area contributed by atoms with Gasteiger partial charge in [0.15, 0.2) is 0 Å². The molecule has 0 aliphatic heterocycles. The number of aliphatic hydroxyl groups is 2. The molecule has 2 heteroatoms. The van der Waals surface area contributed by atoms with Crippen molar-refractivity contribution in [1.82, 2.24) is 0 Å². The highest BCUT2D eigenvalue weighted by molar-refractivity contribution is 5.30. The summed E-state index contributed by atoms with van der Waals surface area (Å²) in [4.78, 5) is 0. The minimum absolute atomic E-state index is 0.359. The van der Waals surface area contributed by atoms with E-state index in [2.05, 4.69) is 0 Å². The van der Waals surface area contributed by atoms with E-state index in [-0.39, 0.29) is 6.10 Å². The Morgan fingerprint density at radius 3 is 2.77 bits per heavy atom. The van der Waals surface area contributed by atoms with Gasteiger partial charge in [-0.15, -0.1) is 0 Å². The molecule has 0 bridgehead atoms. The first-order valence-corrected chi connectivity index (χ1v) is 4.71. The lowest BCUT2D eigenvalue weighted by atomic mass is 10.0. The fourth-order valence-electron chi connectivity index (χ4n) is 1.91. The predicted octanol–water partition coefficient (Wildman–Crippen LogP) is 1.42. The van der Waals surface area contributed by atoms with Crippen LogP contribution in [0.5, 0.6) is 0 Å². The van der Waals surface area contributed by atoms with Crippen molar-refractivity contribution in [2.75, 3.05) is 0 Å². The molecule has 0 heterocycles. The zero-order valence-corrected chi connectivity index (χ0v) is 7.48. The monoisotopic (exact) mass is 178 g/mol. The van der Waals surface area contributed by atoms with Crippen LogP contribution in [-0.2, 0) is 6.42 Å². The van der Waals surface area contributed by atoms with Crippen LogP contribution in [0.25, 0.3) is 0 Å². The van der Waals surface area contributed by atoms with Crippen LogP contribution in [0.15, 0.2) is 24.3 Å². The van der Waals surface area contributed by atoms with Crippen LogP contribution in [0.1, 0.15) is 30.1 Å². The van der Waals surface area contributed by atoms with Gasteiger partial charge in [-0.1, -0.05) is 24.3 Å². The van der Waals surface area contributed by atoms with E-state index in [0.717, 1.165) is 18.4 Å². The molecule has 2 unspecified atom stereocenters. The van der Waals surface area contributed by atoms with E-state index >= 15 is 0 Å². The molecule has 13 heavy (non-hydrogen) atoms. The van der Waals surface area contributed by atoms with Gasteiger partial charge in [0, 0.05) is 6.42 Å². The molecule has 2 nitrogen and oxygen atoms in total. The van der Waals surface area contributed by atoms with Crippen molar-refractivity contribution in [3.8, 4) is 0 Å². The molecule has 1 aliphatic carbocycles. The zero-order valence-electron chi connectivity index (χ0n) is 7.48. The van der Waals surface area contributed by atoms with Crippen LogP contribution < -0.4 is 0 Å². The molecule has 0 saturated carbocycles. The number of hydrogen-bond donors (Lipinski definition) is 2. The van der Waals surface area contributed by atoms with E-state index in [0.29, 0.717) is 6.42 Å². The Bertz CT molecular complexity index is 296. The summed E-state index contributed by atoms with van der Waals surface area (Å²) in [5.74, 6) is 0. The Balaban J connectivity index is 2.35. The first-order chi connectivity index (χ1) is 6.27. The minimum atomic E-state index is -0.492. The molecule has 0 spiro atoms. The van der Waals surface area contributed by atoms with Crippen LogP contribution >= 0.6 is 0 Å². The quantitative estimate of drug-likeness (QED) is 0.590. The van der Waals surface area contributed by atoms with Gasteiger partial charge in [0.25, 0.3) is 0 Å². The van der Waals surface area contributed by atoms with Gasteiger partial charge in [0.1, 0.15) is 0 Å². The van der Waals surface area contributed by atoms with Crippen molar-refractivity contribution >= 4 is 0 Å². The average molecular weight is 178 g/mol. The molecule has 0 radical (unpaired) electrons. The molecule has 2 atom stereocenters. The maximum atomic E-state index is 9.75. The number of hydrogen-bond acceptors (Lipinski definition) is 2. The Kier molecular flexibility index (Phi) is 2.34. The van der Waals surface area contributed by atoms with Gasteiger partial charge in [0.05, 0.1) is 12.2 Å². The van der Waals surface area contributed by atoms with Gasteiger partial charge < -0.3 is 10.2 Å². The molecule has 2 N–H and O–H groups in total. The summed E-state index contributed by atoms with van der Waals surface area (Å²) >= 11 is 0.